The maximum atomic E-state index is 15.7. The van der Waals surface area contributed by atoms with Gasteiger partial charge >= 0.3 is 7.32 Å². The Kier molecular flexibility index (Phi) is 21.3. The molecule has 1 unspecified atom stereocenters. The van der Waals surface area contributed by atoms with Gasteiger partial charge in [-0.15, -0.1) is 12.1 Å². The van der Waals surface area contributed by atoms with Crippen LogP contribution in [0.5, 0.6) is 17.2 Å². The molecule has 0 radical (unpaired) electrons. The van der Waals surface area contributed by atoms with Gasteiger partial charge in [0.15, 0.2) is 52.4 Å². The van der Waals surface area contributed by atoms with E-state index in [4.69, 9.17) is 14.0 Å². The van der Waals surface area contributed by atoms with Gasteiger partial charge in [-0.2, -0.15) is 6.07 Å². The maximum absolute atomic E-state index is 15.7. The summed E-state index contributed by atoms with van der Waals surface area (Å²) in [6.45, 7) is 2.21. The number of quaternary nitrogens is 1. The molecular weight excluding hydrogens is 841 g/mol. The van der Waals surface area contributed by atoms with Gasteiger partial charge in [0.25, 0.3) is 0 Å². The lowest BCUT2D eigenvalue weighted by Gasteiger charge is -2.36. The second kappa shape index (κ2) is 25.5. The summed E-state index contributed by atoms with van der Waals surface area (Å²) in [5.41, 5.74) is -0.424. The molecule has 17 heteroatoms. The quantitative estimate of drug-likeness (QED) is 0.0175. The maximum Gasteiger partial charge on any atom is 0.864 e. The van der Waals surface area contributed by atoms with Crippen molar-refractivity contribution < 1.29 is 71.1 Å². The first-order chi connectivity index (χ1) is 29.3. The van der Waals surface area contributed by atoms with Gasteiger partial charge in [-0.25, -0.2) is 43.9 Å². The molecule has 0 saturated heterocycles. The molecule has 0 N–H and O–H groups in total. The van der Waals surface area contributed by atoms with E-state index in [1.54, 1.807) is 21.1 Å². The van der Waals surface area contributed by atoms with Crippen molar-refractivity contribution in [2.45, 2.75) is 116 Å². The summed E-state index contributed by atoms with van der Waals surface area (Å²) < 4.78 is 181. The molecule has 4 aromatic rings. The first-order valence-electron chi connectivity index (χ1n) is 20.6. The second-order valence-corrected chi connectivity index (χ2v) is 15.8. The molecule has 0 aliphatic carbocycles. The average molecular weight is 894 g/mol. The normalized spacial score (nSPS) is 11.9. The van der Waals surface area contributed by atoms with E-state index in [0.717, 1.165) is 44.2 Å². The zero-order chi connectivity index (χ0) is 46.0. The third-order valence-corrected chi connectivity index (χ3v) is 9.95. The molecule has 4 rings (SSSR count). The van der Waals surface area contributed by atoms with E-state index >= 15 is 4.39 Å². The molecule has 0 aliphatic heterocycles. The average Bonchev–Trinajstić information content (AvgIpc) is 3.20. The predicted molar refractivity (Wildman–Crippen MR) is 212 cm³/mol. The van der Waals surface area contributed by atoms with E-state index in [9.17, 15) is 48.3 Å². The molecule has 4 aromatic carbocycles. The van der Waals surface area contributed by atoms with E-state index in [1.165, 1.54) is 57.8 Å². The van der Waals surface area contributed by atoms with E-state index in [1.807, 2.05) is 0 Å². The van der Waals surface area contributed by atoms with Crippen LogP contribution in [0.3, 0.4) is 0 Å². The zero-order valence-corrected chi connectivity index (χ0v) is 35.2. The fourth-order valence-electron chi connectivity index (χ4n) is 6.65. The van der Waals surface area contributed by atoms with Crippen molar-refractivity contribution in [3.63, 3.8) is 0 Å². The summed E-state index contributed by atoms with van der Waals surface area (Å²) in [6, 6.07) is 4.78. The van der Waals surface area contributed by atoms with Gasteiger partial charge in [0.05, 0.1) is 32.5 Å². The van der Waals surface area contributed by atoms with E-state index in [2.05, 4.69) is 13.0 Å². The number of halogens is 12. The Morgan fingerprint density at radius 2 is 0.806 bits per heavy atom. The van der Waals surface area contributed by atoms with Crippen LogP contribution in [0, 0.1) is 75.9 Å². The summed E-state index contributed by atoms with van der Waals surface area (Å²) in [5, 5.41) is 0. The summed E-state index contributed by atoms with van der Waals surface area (Å²) >= 11 is 0. The molecule has 0 amide bonds. The lowest BCUT2D eigenvalue weighted by Crippen LogP contribution is -2.41. The Labute approximate surface area is 355 Å². The lowest BCUT2D eigenvalue weighted by molar-refractivity contribution is -0.902. The van der Waals surface area contributed by atoms with Crippen LogP contribution < -0.4 is 14.0 Å². The number of hydrogen-bond donors (Lipinski definition) is 0. The van der Waals surface area contributed by atoms with Gasteiger partial charge in [0.2, 0.25) is 0 Å². The minimum atomic E-state index is -2.33. The molecular formula is C45H52BF12NO3. The first-order valence-corrected chi connectivity index (χ1v) is 20.6. The molecule has 1 atom stereocenters. The van der Waals surface area contributed by atoms with Crippen molar-refractivity contribution in [2.24, 2.45) is 0 Å². The van der Waals surface area contributed by atoms with Crippen molar-refractivity contribution >= 4 is 7.32 Å². The van der Waals surface area contributed by atoms with E-state index in [-0.39, 0.29) is 4.48 Å². The minimum Gasteiger partial charge on any atom is -0.489 e. The zero-order valence-electron chi connectivity index (χ0n) is 35.2. The highest BCUT2D eigenvalue weighted by Crippen LogP contribution is 2.40. The highest BCUT2D eigenvalue weighted by atomic mass is 19.2. The Balaban J connectivity index is 0.00000100. The molecule has 342 valence electrons. The van der Waals surface area contributed by atoms with Gasteiger partial charge in [0.1, 0.15) is 23.3 Å². The fourth-order valence-corrected chi connectivity index (χ4v) is 6.65. The molecule has 0 saturated carbocycles. The molecule has 0 aliphatic rings. The predicted octanol–water partition coefficient (Wildman–Crippen LogP) is 14.4. The van der Waals surface area contributed by atoms with E-state index in [0.29, 0.717) is 43.2 Å². The van der Waals surface area contributed by atoms with Crippen molar-refractivity contribution in [3.8, 4) is 17.2 Å². The Hall–Kier alpha value is -4.54. The number of nitrogens with zero attached hydrogens (tertiary/aromatic N) is 1. The Morgan fingerprint density at radius 1 is 0.452 bits per heavy atom. The van der Waals surface area contributed by atoms with Gasteiger partial charge in [0, 0.05) is 48.4 Å². The number of hydrogen-bond acceptors (Lipinski definition) is 3. The minimum absolute atomic E-state index is 0.0199. The number of unbranched alkanes of at least 4 members (excludes halogenated alkanes) is 14. The molecule has 0 bridgehead atoms. The van der Waals surface area contributed by atoms with Gasteiger partial charge in [-0.1, -0.05) is 96.8 Å². The Morgan fingerprint density at radius 3 is 1.18 bits per heavy atom. The van der Waals surface area contributed by atoms with E-state index < -0.39 is 106 Å². The highest BCUT2D eigenvalue weighted by molar-refractivity contribution is 6.39. The number of benzene rings is 4. The van der Waals surface area contributed by atoms with Crippen LogP contribution in [0.25, 0.3) is 0 Å². The molecule has 0 heterocycles. The monoisotopic (exact) mass is 893 g/mol. The number of rotatable bonds is 24. The van der Waals surface area contributed by atoms with Crippen molar-refractivity contribution in [3.05, 3.63) is 124 Å². The summed E-state index contributed by atoms with van der Waals surface area (Å²) in [4.78, 5) is 0. The molecule has 0 spiro atoms. The SMILES string of the molecule is CCCCCCCCCCCCCCCCCC(c1c(OB(Oc2cc(F)c(F)c(F)c2)Oc2cc(F)c(F)c(F)c2)cc(F)c(F)c1F)[N+](C)(C)C.Fc1c[c-]cc(F)c1F. The molecule has 0 fully saturated rings. The topological polar surface area (TPSA) is 27.7 Å². The Bertz CT molecular complexity index is 1890. The van der Waals surface area contributed by atoms with Gasteiger partial charge in [-0.05, 0) is 6.42 Å². The van der Waals surface area contributed by atoms with Crippen LogP contribution >= 0.6 is 0 Å². The summed E-state index contributed by atoms with van der Waals surface area (Å²) in [5.74, 6) is -21.5. The van der Waals surface area contributed by atoms with Gasteiger partial charge < -0.3 is 18.4 Å². The fraction of sp³-hybridized carbons (Fsp3) is 0.467. The van der Waals surface area contributed by atoms with Crippen molar-refractivity contribution in [2.75, 3.05) is 21.1 Å². The third kappa shape index (κ3) is 16.3. The molecule has 0 aromatic heterocycles. The van der Waals surface area contributed by atoms with Crippen LogP contribution in [-0.2, 0) is 0 Å². The summed E-state index contributed by atoms with van der Waals surface area (Å²) in [7, 11) is 2.79. The van der Waals surface area contributed by atoms with Gasteiger partial charge in [-0.3, -0.25) is 8.78 Å². The first kappa shape index (κ1) is 51.8. The van der Waals surface area contributed by atoms with Crippen LogP contribution in [0.2, 0.25) is 0 Å². The van der Waals surface area contributed by atoms with Crippen LogP contribution in [0.1, 0.15) is 121 Å². The highest BCUT2D eigenvalue weighted by Gasteiger charge is 2.39. The summed E-state index contributed by atoms with van der Waals surface area (Å²) in [6.07, 6.45) is 17.3. The largest absolute Gasteiger partial charge is 0.864 e. The van der Waals surface area contributed by atoms with Crippen LogP contribution in [0.4, 0.5) is 52.7 Å². The van der Waals surface area contributed by atoms with Crippen molar-refractivity contribution in [1.29, 1.82) is 0 Å². The standard InChI is InChI=1S/C39H50BF9NO3.C6H2F3/c1-5-6-7-8-9-10-11-12-13-14-15-16-17-18-19-20-33(50(2,3)4)35-34(25-32(45)38(48)39(35)49)53-40(51-26-21-28(41)36(46)29(42)22-26)52-27-23-30(43)37(47)31(44)24-27;7-4-2-1-3-5(8)6(4)9/h21-25,33H,5-20H2,1-4H3;2-3H/q+1;-1. The van der Waals surface area contributed by atoms with Crippen LogP contribution in [-0.4, -0.2) is 32.9 Å². The smallest absolute Gasteiger partial charge is 0.489 e. The third-order valence-electron chi connectivity index (χ3n) is 9.95. The molecule has 4 nitrogen and oxygen atoms in total. The molecule has 62 heavy (non-hydrogen) atoms. The second-order valence-electron chi connectivity index (χ2n) is 15.8. The van der Waals surface area contributed by atoms with Crippen molar-refractivity contribution in [1.82, 2.24) is 0 Å². The lowest BCUT2D eigenvalue weighted by atomic mass is 9.95. The van der Waals surface area contributed by atoms with Crippen LogP contribution in [0.15, 0.2) is 42.5 Å².